The van der Waals surface area contributed by atoms with Crippen molar-refractivity contribution in [3.8, 4) is 6.07 Å². The number of Topliss-reactive ketones (excluding diaryl/α,β-unsaturated/α-hetero) is 1. The van der Waals surface area contributed by atoms with Gasteiger partial charge in [-0.2, -0.15) is 5.26 Å². The van der Waals surface area contributed by atoms with Gasteiger partial charge < -0.3 is 4.90 Å². The van der Waals surface area contributed by atoms with Gasteiger partial charge in [-0.15, -0.1) is 0 Å². The van der Waals surface area contributed by atoms with Crippen molar-refractivity contribution in [1.29, 1.82) is 5.26 Å². The molecular formula is C12H10N2O2. The highest BCUT2D eigenvalue weighted by molar-refractivity contribution is 6.15. The second-order valence-corrected chi connectivity index (χ2v) is 3.66. The first-order chi connectivity index (χ1) is 7.72. The van der Waals surface area contributed by atoms with E-state index in [1.807, 2.05) is 6.07 Å². The van der Waals surface area contributed by atoms with Crippen molar-refractivity contribution >= 4 is 17.4 Å². The fraction of sp³-hybridized carbons (Fsp3) is 0.250. The van der Waals surface area contributed by atoms with Crippen LogP contribution in [0.5, 0.6) is 0 Å². The Morgan fingerprint density at radius 1 is 1.31 bits per heavy atom. The van der Waals surface area contributed by atoms with Gasteiger partial charge in [0.1, 0.15) is 0 Å². The molecule has 0 unspecified atom stereocenters. The van der Waals surface area contributed by atoms with Crippen LogP contribution in [0.15, 0.2) is 24.3 Å². The number of carbonyl (C=O) groups excluding carboxylic acids is 2. The van der Waals surface area contributed by atoms with E-state index in [-0.39, 0.29) is 31.1 Å². The summed E-state index contributed by atoms with van der Waals surface area (Å²) in [6.45, 7) is 0.126. The molecule has 1 heterocycles. The molecule has 0 saturated carbocycles. The molecule has 0 spiro atoms. The molecule has 1 aliphatic heterocycles. The van der Waals surface area contributed by atoms with Crippen molar-refractivity contribution in [2.45, 2.75) is 12.8 Å². The SMILES string of the molecule is N#CCc1ccccc1N1CC(=O)CC1=O. The standard InChI is InChI=1S/C12H10N2O2/c13-6-5-9-3-1-2-4-11(9)14-8-10(15)7-12(14)16/h1-4H,5,7-8H2. The Morgan fingerprint density at radius 2 is 2.06 bits per heavy atom. The second-order valence-electron chi connectivity index (χ2n) is 3.66. The molecule has 0 bridgehead atoms. The van der Waals surface area contributed by atoms with Crippen molar-refractivity contribution in [3.63, 3.8) is 0 Å². The predicted octanol–water partition coefficient (Wildman–Crippen LogP) is 1.06. The van der Waals surface area contributed by atoms with E-state index in [1.54, 1.807) is 18.2 Å². The summed E-state index contributed by atoms with van der Waals surface area (Å²) in [4.78, 5) is 24.2. The summed E-state index contributed by atoms with van der Waals surface area (Å²) in [5, 5.41) is 8.68. The zero-order valence-corrected chi connectivity index (χ0v) is 8.64. The second kappa shape index (κ2) is 4.15. The van der Waals surface area contributed by atoms with Crippen molar-refractivity contribution in [3.05, 3.63) is 29.8 Å². The van der Waals surface area contributed by atoms with Gasteiger partial charge in [-0.1, -0.05) is 18.2 Å². The topological polar surface area (TPSA) is 61.2 Å². The molecule has 1 aliphatic rings. The molecule has 2 rings (SSSR count). The van der Waals surface area contributed by atoms with Crippen molar-refractivity contribution in [1.82, 2.24) is 0 Å². The number of amides is 1. The van der Waals surface area contributed by atoms with Crippen LogP contribution in [0.4, 0.5) is 5.69 Å². The van der Waals surface area contributed by atoms with E-state index in [0.29, 0.717) is 5.69 Å². The van der Waals surface area contributed by atoms with Gasteiger partial charge in [-0.25, -0.2) is 0 Å². The van der Waals surface area contributed by atoms with Gasteiger partial charge in [0.15, 0.2) is 5.78 Å². The fourth-order valence-corrected chi connectivity index (χ4v) is 1.81. The predicted molar refractivity (Wildman–Crippen MR) is 57.7 cm³/mol. The number of anilines is 1. The largest absolute Gasteiger partial charge is 0.304 e. The maximum atomic E-state index is 11.6. The lowest BCUT2D eigenvalue weighted by atomic mass is 10.1. The zero-order valence-electron chi connectivity index (χ0n) is 8.64. The van der Waals surface area contributed by atoms with Crippen LogP contribution in [0.1, 0.15) is 12.0 Å². The molecule has 80 valence electrons. The van der Waals surface area contributed by atoms with Crippen LogP contribution in [0.2, 0.25) is 0 Å². The maximum absolute atomic E-state index is 11.6. The first-order valence-corrected chi connectivity index (χ1v) is 4.99. The Bertz CT molecular complexity index is 488. The van der Waals surface area contributed by atoms with Gasteiger partial charge in [-0.3, -0.25) is 9.59 Å². The lowest BCUT2D eigenvalue weighted by molar-refractivity contribution is -0.121. The highest BCUT2D eigenvalue weighted by Crippen LogP contribution is 2.24. The van der Waals surface area contributed by atoms with Crippen LogP contribution in [-0.2, 0) is 16.0 Å². The Balaban J connectivity index is 2.37. The van der Waals surface area contributed by atoms with Crippen molar-refractivity contribution in [2.75, 3.05) is 11.4 Å². The highest BCUT2D eigenvalue weighted by atomic mass is 16.2. The first-order valence-electron chi connectivity index (χ1n) is 4.99. The number of carbonyl (C=O) groups is 2. The average molecular weight is 214 g/mol. The molecule has 16 heavy (non-hydrogen) atoms. The molecule has 0 N–H and O–H groups in total. The molecule has 0 aromatic heterocycles. The van der Waals surface area contributed by atoms with Gasteiger partial charge in [0.05, 0.1) is 25.5 Å². The molecule has 0 atom stereocenters. The highest BCUT2D eigenvalue weighted by Gasteiger charge is 2.29. The molecule has 1 amide bonds. The third-order valence-electron chi connectivity index (χ3n) is 2.54. The molecule has 1 fully saturated rings. The van der Waals surface area contributed by atoms with Crippen LogP contribution in [0.3, 0.4) is 0 Å². The fourth-order valence-electron chi connectivity index (χ4n) is 1.81. The number of ketones is 1. The van der Waals surface area contributed by atoms with Crippen molar-refractivity contribution < 1.29 is 9.59 Å². The Hall–Kier alpha value is -2.15. The van der Waals surface area contributed by atoms with E-state index in [9.17, 15) is 9.59 Å². The number of rotatable bonds is 2. The third-order valence-corrected chi connectivity index (χ3v) is 2.54. The Morgan fingerprint density at radius 3 is 2.69 bits per heavy atom. The van der Waals surface area contributed by atoms with Crippen LogP contribution in [0.25, 0.3) is 0 Å². The zero-order chi connectivity index (χ0) is 11.5. The van der Waals surface area contributed by atoms with Gasteiger partial charge in [-0.05, 0) is 11.6 Å². The van der Waals surface area contributed by atoms with Crippen LogP contribution in [0, 0.1) is 11.3 Å². The normalized spacial score (nSPS) is 15.3. The molecular weight excluding hydrogens is 204 g/mol. The lowest BCUT2D eigenvalue weighted by Crippen LogP contribution is -2.25. The number of para-hydroxylation sites is 1. The van der Waals surface area contributed by atoms with Gasteiger partial charge in [0.2, 0.25) is 5.91 Å². The number of hydrogen-bond acceptors (Lipinski definition) is 3. The number of nitrogens with zero attached hydrogens (tertiary/aromatic N) is 2. The summed E-state index contributed by atoms with van der Waals surface area (Å²) < 4.78 is 0. The summed E-state index contributed by atoms with van der Waals surface area (Å²) >= 11 is 0. The minimum atomic E-state index is -0.185. The average Bonchev–Trinajstić information content (AvgIpc) is 2.59. The summed E-state index contributed by atoms with van der Waals surface area (Å²) in [5.74, 6) is -0.257. The Labute approximate surface area is 93.1 Å². The summed E-state index contributed by atoms with van der Waals surface area (Å²) in [7, 11) is 0. The van der Waals surface area contributed by atoms with Crippen LogP contribution < -0.4 is 4.90 Å². The molecule has 4 heteroatoms. The van der Waals surface area contributed by atoms with Gasteiger partial charge in [0, 0.05) is 5.69 Å². The molecule has 1 saturated heterocycles. The molecule has 0 radical (unpaired) electrons. The first kappa shape index (κ1) is 10.4. The minimum absolute atomic E-state index is 0.0269. The third kappa shape index (κ3) is 1.80. The molecule has 1 aromatic rings. The van der Waals surface area contributed by atoms with Gasteiger partial charge in [0.25, 0.3) is 0 Å². The van der Waals surface area contributed by atoms with Crippen molar-refractivity contribution in [2.24, 2.45) is 0 Å². The lowest BCUT2D eigenvalue weighted by Gasteiger charge is -2.17. The summed E-state index contributed by atoms with van der Waals surface area (Å²) in [5.41, 5.74) is 1.47. The smallest absolute Gasteiger partial charge is 0.234 e. The molecule has 4 nitrogen and oxygen atoms in total. The van der Waals surface area contributed by atoms with Gasteiger partial charge >= 0.3 is 0 Å². The van der Waals surface area contributed by atoms with E-state index < -0.39 is 0 Å². The van der Waals surface area contributed by atoms with E-state index >= 15 is 0 Å². The summed E-state index contributed by atoms with van der Waals surface area (Å²) in [6.07, 6.45) is 0.217. The molecule has 0 aliphatic carbocycles. The Kier molecular flexibility index (Phi) is 2.69. The van der Waals surface area contributed by atoms with Crippen LogP contribution >= 0.6 is 0 Å². The minimum Gasteiger partial charge on any atom is -0.304 e. The van der Waals surface area contributed by atoms with E-state index in [4.69, 9.17) is 5.26 Å². The monoisotopic (exact) mass is 214 g/mol. The van der Waals surface area contributed by atoms with E-state index in [0.717, 1.165) is 5.56 Å². The number of hydrogen-bond donors (Lipinski definition) is 0. The number of benzene rings is 1. The van der Waals surface area contributed by atoms with Crippen LogP contribution in [-0.4, -0.2) is 18.2 Å². The van der Waals surface area contributed by atoms with E-state index in [2.05, 4.69) is 6.07 Å². The quantitative estimate of drug-likeness (QED) is 0.691. The summed E-state index contributed by atoms with van der Waals surface area (Å²) in [6, 6.07) is 9.23. The van der Waals surface area contributed by atoms with E-state index in [1.165, 1.54) is 4.90 Å². The number of nitriles is 1. The maximum Gasteiger partial charge on any atom is 0.234 e. The molecule has 1 aromatic carbocycles.